The molecule has 1 fully saturated rings. The SMILES string of the molecule is O=CN1C(C2CCC(F)(F)CC2)Cc2ccccc2[C@H]1c1ccc(C(F)(F)F)cc1. The van der Waals surface area contributed by atoms with Gasteiger partial charge in [-0.1, -0.05) is 36.4 Å². The van der Waals surface area contributed by atoms with Crippen LogP contribution in [0.5, 0.6) is 0 Å². The Morgan fingerprint density at radius 1 is 0.967 bits per heavy atom. The molecule has 4 rings (SSSR count). The predicted molar refractivity (Wildman–Crippen MR) is 102 cm³/mol. The van der Waals surface area contributed by atoms with E-state index in [-0.39, 0.29) is 24.8 Å². The Balaban J connectivity index is 1.71. The van der Waals surface area contributed by atoms with Crippen LogP contribution in [0.4, 0.5) is 22.0 Å². The summed E-state index contributed by atoms with van der Waals surface area (Å²) < 4.78 is 66.3. The normalized spacial score (nSPS) is 24.4. The second-order valence-corrected chi connectivity index (χ2v) is 8.24. The molecule has 2 nitrogen and oxygen atoms in total. The van der Waals surface area contributed by atoms with Crippen LogP contribution in [0.1, 0.15) is 54.0 Å². The molecule has 2 aromatic rings. The van der Waals surface area contributed by atoms with E-state index in [1.807, 2.05) is 24.3 Å². The third-order valence-corrected chi connectivity index (χ3v) is 6.44. The van der Waals surface area contributed by atoms with Gasteiger partial charge in [-0.3, -0.25) is 4.79 Å². The second-order valence-electron chi connectivity index (χ2n) is 8.24. The highest BCUT2D eigenvalue weighted by Crippen LogP contribution is 2.45. The molecule has 0 bridgehead atoms. The van der Waals surface area contributed by atoms with E-state index in [9.17, 15) is 26.7 Å². The summed E-state index contributed by atoms with van der Waals surface area (Å²) >= 11 is 0. The van der Waals surface area contributed by atoms with Crippen LogP contribution in [-0.4, -0.2) is 23.3 Å². The minimum absolute atomic E-state index is 0.0693. The number of nitrogens with zero attached hydrogens (tertiary/aromatic N) is 1. The summed E-state index contributed by atoms with van der Waals surface area (Å²) in [7, 11) is 0. The van der Waals surface area contributed by atoms with Gasteiger partial charge in [0.1, 0.15) is 0 Å². The second kappa shape index (κ2) is 7.67. The third-order valence-electron chi connectivity index (χ3n) is 6.44. The van der Waals surface area contributed by atoms with E-state index in [1.54, 1.807) is 4.90 Å². The molecular formula is C23H22F5NO. The molecule has 1 aliphatic carbocycles. The van der Waals surface area contributed by atoms with Crippen molar-refractivity contribution < 1.29 is 26.7 Å². The van der Waals surface area contributed by atoms with Crippen molar-refractivity contribution in [1.29, 1.82) is 0 Å². The summed E-state index contributed by atoms with van der Waals surface area (Å²) in [6, 6.07) is 11.6. The number of hydrogen-bond acceptors (Lipinski definition) is 1. The van der Waals surface area contributed by atoms with Gasteiger partial charge in [0.15, 0.2) is 0 Å². The standard InChI is InChI=1S/C23H22F5NO/c24-22(25)11-9-15(10-12-22)20-13-17-3-1-2-4-19(17)21(29(20)14-30)16-5-7-18(8-6-16)23(26,27)28/h1-8,14-15,20-21H,9-13H2/t20?,21-/m1/s1. The Bertz CT molecular complexity index is 899. The van der Waals surface area contributed by atoms with Gasteiger partial charge < -0.3 is 4.90 Å². The first-order valence-corrected chi connectivity index (χ1v) is 10.1. The van der Waals surface area contributed by atoms with Crippen molar-refractivity contribution in [3.63, 3.8) is 0 Å². The van der Waals surface area contributed by atoms with Crippen molar-refractivity contribution in [2.24, 2.45) is 5.92 Å². The zero-order valence-electron chi connectivity index (χ0n) is 16.2. The van der Waals surface area contributed by atoms with Crippen LogP contribution < -0.4 is 0 Å². The Morgan fingerprint density at radius 3 is 2.20 bits per heavy atom. The molecule has 0 N–H and O–H groups in total. The number of benzene rings is 2. The molecule has 1 heterocycles. The fraction of sp³-hybridized carbons (Fsp3) is 0.435. The Morgan fingerprint density at radius 2 is 1.60 bits per heavy atom. The van der Waals surface area contributed by atoms with Gasteiger partial charge in [-0.2, -0.15) is 13.2 Å². The van der Waals surface area contributed by atoms with E-state index in [0.717, 1.165) is 29.7 Å². The average molecular weight is 423 g/mol. The quantitative estimate of drug-likeness (QED) is 0.438. The van der Waals surface area contributed by atoms with E-state index in [1.165, 1.54) is 12.1 Å². The summed E-state index contributed by atoms with van der Waals surface area (Å²) in [6.07, 6.45) is -2.92. The van der Waals surface area contributed by atoms with E-state index in [0.29, 0.717) is 24.8 Å². The van der Waals surface area contributed by atoms with Crippen LogP contribution in [-0.2, 0) is 17.4 Å². The molecule has 2 aromatic carbocycles. The lowest BCUT2D eigenvalue weighted by Gasteiger charge is -2.46. The summed E-state index contributed by atoms with van der Waals surface area (Å²) in [5.74, 6) is -2.73. The predicted octanol–water partition coefficient (Wildman–Crippen LogP) is 6.00. The first kappa shape index (κ1) is 20.8. The first-order valence-electron chi connectivity index (χ1n) is 10.1. The number of carbonyl (C=O) groups is 1. The van der Waals surface area contributed by atoms with E-state index >= 15 is 0 Å². The van der Waals surface area contributed by atoms with Gasteiger partial charge in [0.25, 0.3) is 0 Å². The van der Waals surface area contributed by atoms with Crippen LogP contribution in [0, 0.1) is 5.92 Å². The summed E-state index contributed by atoms with van der Waals surface area (Å²) in [5.41, 5.74) is 1.69. The topological polar surface area (TPSA) is 20.3 Å². The largest absolute Gasteiger partial charge is 0.416 e. The van der Waals surface area contributed by atoms with Crippen LogP contribution in [0.15, 0.2) is 48.5 Å². The highest BCUT2D eigenvalue weighted by atomic mass is 19.4. The summed E-state index contributed by atoms with van der Waals surface area (Å²) in [6.45, 7) is 0. The number of hydrogen-bond donors (Lipinski definition) is 0. The minimum atomic E-state index is -4.44. The Hall–Kier alpha value is -2.44. The highest BCUT2D eigenvalue weighted by Gasteiger charge is 2.43. The number of alkyl halides is 5. The lowest BCUT2D eigenvalue weighted by molar-refractivity contribution is -0.137. The number of amides is 1. The molecule has 7 heteroatoms. The molecule has 1 amide bonds. The minimum Gasteiger partial charge on any atom is -0.331 e. The molecule has 0 aromatic heterocycles. The molecule has 0 radical (unpaired) electrons. The Kier molecular flexibility index (Phi) is 5.32. The average Bonchev–Trinajstić information content (AvgIpc) is 2.72. The number of carbonyl (C=O) groups excluding carboxylic acids is 1. The van der Waals surface area contributed by atoms with Gasteiger partial charge in [0.05, 0.1) is 11.6 Å². The number of halogens is 5. The van der Waals surface area contributed by atoms with Crippen LogP contribution in [0.3, 0.4) is 0 Å². The fourth-order valence-corrected chi connectivity index (χ4v) is 4.87. The van der Waals surface area contributed by atoms with Crippen molar-refractivity contribution >= 4 is 6.41 Å². The number of rotatable bonds is 3. The van der Waals surface area contributed by atoms with Gasteiger partial charge >= 0.3 is 6.18 Å². The maximum Gasteiger partial charge on any atom is 0.416 e. The third kappa shape index (κ3) is 3.94. The van der Waals surface area contributed by atoms with Gasteiger partial charge in [-0.15, -0.1) is 0 Å². The van der Waals surface area contributed by atoms with E-state index in [4.69, 9.17) is 0 Å². The zero-order valence-corrected chi connectivity index (χ0v) is 16.2. The van der Waals surface area contributed by atoms with Gasteiger partial charge in [0.2, 0.25) is 12.3 Å². The van der Waals surface area contributed by atoms with Crippen molar-refractivity contribution in [3.05, 3.63) is 70.8 Å². The van der Waals surface area contributed by atoms with Crippen molar-refractivity contribution in [3.8, 4) is 0 Å². The zero-order chi connectivity index (χ0) is 21.5. The first-order chi connectivity index (χ1) is 14.2. The smallest absolute Gasteiger partial charge is 0.331 e. The molecule has 1 aliphatic heterocycles. The van der Waals surface area contributed by atoms with Crippen LogP contribution in [0.25, 0.3) is 0 Å². The molecular weight excluding hydrogens is 401 g/mol. The van der Waals surface area contributed by atoms with Crippen molar-refractivity contribution in [2.45, 2.75) is 56.3 Å². The molecule has 0 spiro atoms. The maximum atomic E-state index is 13.7. The monoisotopic (exact) mass is 423 g/mol. The van der Waals surface area contributed by atoms with Crippen LogP contribution in [0.2, 0.25) is 0 Å². The summed E-state index contributed by atoms with van der Waals surface area (Å²) in [4.78, 5) is 13.8. The van der Waals surface area contributed by atoms with E-state index < -0.39 is 23.7 Å². The molecule has 0 saturated heterocycles. The van der Waals surface area contributed by atoms with E-state index in [2.05, 4.69) is 0 Å². The van der Waals surface area contributed by atoms with Gasteiger partial charge in [0, 0.05) is 18.9 Å². The Labute approximate surface area is 171 Å². The lowest BCUT2D eigenvalue weighted by Crippen LogP contribution is -2.48. The highest BCUT2D eigenvalue weighted by molar-refractivity contribution is 5.55. The van der Waals surface area contributed by atoms with Crippen molar-refractivity contribution in [1.82, 2.24) is 4.90 Å². The molecule has 1 saturated carbocycles. The van der Waals surface area contributed by atoms with Gasteiger partial charge in [-0.05, 0) is 54.0 Å². The maximum absolute atomic E-state index is 13.7. The molecule has 2 aliphatic rings. The lowest BCUT2D eigenvalue weighted by atomic mass is 9.75. The van der Waals surface area contributed by atoms with Gasteiger partial charge in [-0.25, -0.2) is 8.78 Å². The molecule has 1 unspecified atom stereocenters. The molecule has 160 valence electrons. The van der Waals surface area contributed by atoms with Crippen molar-refractivity contribution in [2.75, 3.05) is 0 Å². The molecule has 2 atom stereocenters. The molecule has 30 heavy (non-hydrogen) atoms. The number of fused-ring (bicyclic) bond motifs is 1. The van der Waals surface area contributed by atoms with Crippen LogP contribution >= 0.6 is 0 Å². The fourth-order valence-electron chi connectivity index (χ4n) is 4.87. The summed E-state index contributed by atoms with van der Waals surface area (Å²) in [5, 5.41) is 0.